The van der Waals surface area contributed by atoms with Crippen LogP contribution in [0.15, 0.2) is 29.6 Å². The second-order valence-corrected chi connectivity index (χ2v) is 10.8. The second-order valence-electron chi connectivity index (χ2n) is 5.55. The summed E-state index contributed by atoms with van der Waals surface area (Å²) in [6, 6.07) is 6.77. The number of thiazole rings is 1. The maximum atomic E-state index is 11.4. The molecule has 0 saturated carbocycles. The molecule has 0 radical (unpaired) electrons. The number of hydrogen-bond donors (Lipinski definition) is 5. The van der Waals surface area contributed by atoms with Crippen LogP contribution in [0, 0.1) is 6.92 Å². The molecule has 0 bridgehead atoms. The highest BCUT2D eigenvalue weighted by molar-refractivity contribution is 7.71. The molecular formula is C13H17ClN2O7P2S. The molecular weight excluding hydrogens is 426 g/mol. The number of aryl methyl sites for hydroxylation is 1. The number of benzene rings is 1. The molecule has 2 aromatic rings. The monoisotopic (exact) mass is 442 g/mol. The van der Waals surface area contributed by atoms with Gasteiger partial charge in [-0.2, -0.15) is 0 Å². The van der Waals surface area contributed by atoms with Crippen LogP contribution in [0.1, 0.15) is 12.1 Å². The molecule has 0 spiro atoms. The lowest BCUT2D eigenvalue weighted by Crippen LogP contribution is -2.43. The van der Waals surface area contributed by atoms with E-state index < -0.39 is 26.7 Å². The minimum atomic E-state index is -5.73. The summed E-state index contributed by atoms with van der Waals surface area (Å²) in [6.45, 7) is 1.44. The Bertz CT molecular complexity index is 855. The predicted molar refractivity (Wildman–Crippen MR) is 95.4 cm³/mol. The van der Waals surface area contributed by atoms with Crippen molar-refractivity contribution in [2.45, 2.75) is 25.0 Å². The number of rotatable bonds is 7. The van der Waals surface area contributed by atoms with Gasteiger partial charge in [-0.3, -0.25) is 4.57 Å². The van der Waals surface area contributed by atoms with Crippen molar-refractivity contribution in [3.8, 4) is 0 Å². The van der Waals surface area contributed by atoms with Crippen molar-refractivity contribution in [3.63, 3.8) is 0 Å². The molecule has 9 nitrogen and oxygen atoms in total. The molecule has 1 aromatic carbocycles. The smallest absolute Gasteiger partial charge is 0.365 e. The summed E-state index contributed by atoms with van der Waals surface area (Å²) in [6.07, 6.45) is -0.897. The number of halogens is 1. The van der Waals surface area contributed by atoms with Gasteiger partial charge in [0.2, 0.25) is 5.08 Å². The number of aromatic nitrogens is 1. The Labute approximate surface area is 158 Å². The van der Waals surface area contributed by atoms with Gasteiger partial charge >= 0.3 is 12.7 Å². The maximum absolute atomic E-state index is 11.4. The van der Waals surface area contributed by atoms with Gasteiger partial charge in [-0.15, -0.1) is 0 Å². The summed E-state index contributed by atoms with van der Waals surface area (Å²) in [5.41, 5.74) is 1.35. The number of anilines is 2. The Morgan fingerprint density at radius 3 is 2.35 bits per heavy atom. The largest absolute Gasteiger partial charge is 0.776 e. The van der Waals surface area contributed by atoms with E-state index in [0.29, 0.717) is 21.5 Å². The Morgan fingerprint density at radius 1 is 1.27 bits per heavy atom. The Morgan fingerprint density at radius 2 is 1.85 bits per heavy atom. The molecule has 1 heterocycles. The molecule has 0 saturated heterocycles. The SMILES string of the molecule is Cc1csc(Nc2ccc(Cl)cc2)[n+]1CCC(O)(P(=O)([O-])O)P(=O)(O)O. The number of nitrogens with one attached hydrogen (secondary N) is 1. The van der Waals surface area contributed by atoms with Crippen molar-refractivity contribution in [1.29, 1.82) is 0 Å². The first kappa shape index (κ1) is 21.5. The van der Waals surface area contributed by atoms with E-state index in [1.165, 1.54) is 15.9 Å². The van der Waals surface area contributed by atoms with Gasteiger partial charge in [0, 0.05) is 16.8 Å². The summed E-state index contributed by atoms with van der Waals surface area (Å²) in [7, 11) is -11.3. The molecule has 13 heteroatoms. The van der Waals surface area contributed by atoms with E-state index in [9.17, 15) is 28.9 Å². The second kappa shape index (κ2) is 7.67. The minimum Gasteiger partial charge on any atom is -0.776 e. The van der Waals surface area contributed by atoms with Gasteiger partial charge in [-0.1, -0.05) is 22.9 Å². The molecule has 144 valence electrons. The van der Waals surface area contributed by atoms with Gasteiger partial charge in [-0.05, 0) is 31.2 Å². The third-order valence-corrected chi connectivity index (χ3v) is 8.78. The van der Waals surface area contributed by atoms with Crippen LogP contribution in [0.2, 0.25) is 5.02 Å². The molecule has 0 aliphatic carbocycles. The summed E-state index contributed by atoms with van der Waals surface area (Å²) in [5.74, 6) is 0. The molecule has 2 atom stereocenters. The molecule has 1 aromatic heterocycles. The van der Waals surface area contributed by atoms with E-state index in [1.807, 2.05) is 0 Å². The Balaban J connectivity index is 2.27. The third-order valence-electron chi connectivity index (χ3n) is 3.70. The van der Waals surface area contributed by atoms with Crippen LogP contribution in [-0.4, -0.2) is 24.9 Å². The molecule has 0 fully saturated rings. The Kier molecular flexibility index (Phi) is 6.35. The fourth-order valence-electron chi connectivity index (χ4n) is 2.17. The van der Waals surface area contributed by atoms with Crippen LogP contribution < -0.4 is 14.8 Å². The van der Waals surface area contributed by atoms with E-state index in [2.05, 4.69) is 5.32 Å². The van der Waals surface area contributed by atoms with E-state index in [-0.39, 0.29) is 6.54 Å². The normalized spacial score (nSPS) is 16.7. The van der Waals surface area contributed by atoms with Crippen LogP contribution in [0.25, 0.3) is 0 Å². The summed E-state index contributed by atoms with van der Waals surface area (Å²) < 4.78 is 24.3. The lowest BCUT2D eigenvalue weighted by Gasteiger charge is -2.35. The highest BCUT2D eigenvalue weighted by Crippen LogP contribution is 2.66. The van der Waals surface area contributed by atoms with Gasteiger partial charge < -0.3 is 29.2 Å². The fraction of sp³-hybridized carbons (Fsp3) is 0.308. The minimum absolute atomic E-state index is 0.264. The number of aliphatic hydroxyl groups is 1. The van der Waals surface area contributed by atoms with Crippen LogP contribution in [-0.2, 0) is 15.7 Å². The van der Waals surface area contributed by atoms with E-state index in [4.69, 9.17) is 16.5 Å². The summed E-state index contributed by atoms with van der Waals surface area (Å²) in [5, 5.41) is 12.3. The van der Waals surface area contributed by atoms with Crippen LogP contribution in [0.4, 0.5) is 10.8 Å². The zero-order chi connectivity index (χ0) is 19.8. The van der Waals surface area contributed by atoms with Gasteiger partial charge in [0.05, 0.1) is 6.54 Å². The molecule has 26 heavy (non-hydrogen) atoms. The van der Waals surface area contributed by atoms with Crippen molar-refractivity contribution in [3.05, 3.63) is 40.4 Å². The highest BCUT2D eigenvalue weighted by atomic mass is 35.5. The van der Waals surface area contributed by atoms with Crippen molar-refractivity contribution in [2.75, 3.05) is 5.32 Å². The van der Waals surface area contributed by atoms with Crippen LogP contribution in [0.5, 0.6) is 0 Å². The van der Waals surface area contributed by atoms with Gasteiger partial charge in [0.25, 0.3) is 0 Å². The summed E-state index contributed by atoms with van der Waals surface area (Å²) >= 11 is 7.10. The standard InChI is InChI=1S/C13H17ClN2O7P2S/c1-9-8-26-12(15-11-4-2-10(14)3-5-11)16(9)7-6-13(17,24(18,19)20)25(21,22)23/h2-5,8,17H,6-7H2,1H3,(H4,18,19,20,21,22,23). The van der Waals surface area contributed by atoms with Crippen LogP contribution in [0.3, 0.4) is 0 Å². The van der Waals surface area contributed by atoms with Crippen molar-refractivity contribution in [2.24, 2.45) is 0 Å². The predicted octanol–water partition coefficient (Wildman–Crippen LogP) is 1.50. The van der Waals surface area contributed by atoms with Gasteiger partial charge in [-0.25, -0.2) is 9.88 Å². The maximum Gasteiger partial charge on any atom is 0.365 e. The molecule has 0 amide bonds. The average Bonchev–Trinajstić information content (AvgIpc) is 2.85. The average molecular weight is 443 g/mol. The molecule has 2 unspecified atom stereocenters. The Hall–Kier alpha value is -0.800. The highest BCUT2D eigenvalue weighted by Gasteiger charge is 2.53. The fourth-order valence-corrected chi connectivity index (χ4v) is 5.34. The molecule has 0 aliphatic rings. The van der Waals surface area contributed by atoms with E-state index in [0.717, 1.165) is 0 Å². The first-order valence-corrected chi connectivity index (χ1v) is 11.6. The summed E-state index contributed by atoms with van der Waals surface area (Å²) in [4.78, 5) is 38.9. The molecule has 2 rings (SSSR count). The number of nitrogens with zero attached hydrogens (tertiary/aromatic N) is 1. The topological polar surface area (TPSA) is 154 Å². The van der Waals surface area contributed by atoms with E-state index in [1.54, 1.807) is 36.6 Å². The van der Waals surface area contributed by atoms with Crippen molar-refractivity contribution >= 4 is 48.9 Å². The lowest BCUT2D eigenvalue weighted by atomic mass is 10.3. The molecule has 0 aliphatic heterocycles. The van der Waals surface area contributed by atoms with Gasteiger partial charge in [0.15, 0.2) is 7.60 Å². The zero-order valence-electron chi connectivity index (χ0n) is 13.4. The third kappa shape index (κ3) is 4.54. The molecule has 5 N–H and O–H groups in total. The van der Waals surface area contributed by atoms with Crippen LogP contribution >= 0.6 is 38.1 Å². The first-order valence-electron chi connectivity index (χ1n) is 7.17. The lowest BCUT2D eigenvalue weighted by molar-refractivity contribution is -0.686. The quantitative estimate of drug-likeness (QED) is 0.319. The zero-order valence-corrected chi connectivity index (χ0v) is 16.8. The van der Waals surface area contributed by atoms with E-state index >= 15 is 0 Å². The number of hydrogen-bond acceptors (Lipinski definition) is 6. The van der Waals surface area contributed by atoms with Crippen molar-refractivity contribution in [1.82, 2.24) is 0 Å². The van der Waals surface area contributed by atoms with Crippen molar-refractivity contribution < 1.29 is 38.4 Å². The first-order chi connectivity index (χ1) is 11.8. The van der Waals surface area contributed by atoms with Gasteiger partial charge in [0.1, 0.15) is 11.4 Å².